The van der Waals surface area contributed by atoms with E-state index < -0.39 is 0 Å². The van der Waals surface area contributed by atoms with Crippen LogP contribution >= 0.6 is 0 Å². The molecule has 0 amide bonds. The van der Waals surface area contributed by atoms with Gasteiger partial charge in [-0.3, -0.25) is 0 Å². The van der Waals surface area contributed by atoms with Crippen LogP contribution in [0.1, 0.15) is 36.0 Å². The first-order chi connectivity index (χ1) is 10.3. The van der Waals surface area contributed by atoms with Gasteiger partial charge in [0, 0.05) is 24.8 Å². The molecule has 0 radical (unpaired) electrons. The number of ether oxygens (including phenoxy) is 1. The van der Waals surface area contributed by atoms with Crippen molar-refractivity contribution in [3.05, 3.63) is 29.8 Å². The first-order valence-corrected chi connectivity index (χ1v) is 7.95. The third-order valence-corrected chi connectivity index (χ3v) is 4.78. The molecule has 0 aromatic heterocycles. The van der Waals surface area contributed by atoms with Crippen LogP contribution in [-0.2, 0) is 4.74 Å². The van der Waals surface area contributed by atoms with E-state index in [2.05, 4.69) is 9.80 Å². The van der Waals surface area contributed by atoms with Crippen LogP contribution < -0.4 is 4.90 Å². The van der Waals surface area contributed by atoms with E-state index in [1.807, 2.05) is 24.3 Å². The van der Waals surface area contributed by atoms with Crippen molar-refractivity contribution in [1.29, 1.82) is 0 Å². The van der Waals surface area contributed by atoms with Gasteiger partial charge in [-0.25, -0.2) is 4.79 Å². The zero-order valence-corrected chi connectivity index (χ0v) is 12.8. The van der Waals surface area contributed by atoms with E-state index in [-0.39, 0.29) is 5.97 Å². The minimum Gasteiger partial charge on any atom is -0.465 e. The molecule has 0 atom stereocenters. The van der Waals surface area contributed by atoms with Crippen LogP contribution in [0.2, 0.25) is 0 Å². The molecule has 3 rings (SSSR count). The summed E-state index contributed by atoms with van der Waals surface area (Å²) in [6.45, 7) is 4.80. The normalized spacial score (nSPS) is 20.7. The Balaban J connectivity index is 1.57. The van der Waals surface area contributed by atoms with Gasteiger partial charge in [0.1, 0.15) is 0 Å². The fourth-order valence-electron chi connectivity index (χ4n) is 3.52. The van der Waals surface area contributed by atoms with Crippen LogP contribution in [0, 0.1) is 0 Å². The smallest absolute Gasteiger partial charge is 0.337 e. The summed E-state index contributed by atoms with van der Waals surface area (Å²) in [5, 5.41) is 0. The second-order valence-corrected chi connectivity index (χ2v) is 6.00. The molecule has 114 valence electrons. The lowest BCUT2D eigenvalue weighted by atomic mass is 10.0. The van der Waals surface area contributed by atoms with Gasteiger partial charge in [-0.2, -0.15) is 0 Å². The van der Waals surface area contributed by atoms with E-state index in [4.69, 9.17) is 4.74 Å². The first kappa shape index (κ1) is 14.4. The van der Waals surface area contributed by atoms with Crippen molar-refractivity contribution in [2.24, 2.45) is 0 Å². The van der Waals surface area contributed by atoms with Crippen LogP contribution in [0.3, 0.4) is 0 Å². The molecule has 0 bridgehead atoms. The van der Waals surface area contributed by atoms with Crippen LogP contribution in [0.15, 0.2) is 24.3 Å². The second-order valence-electron chi connectivity index (χ2n) is 6.00. The molecule has 0 unspecified atom stereocenters. The Morgan fingerprint density at radius 1 is 1.05 bits per heavy atom. The van der Waals surface area contributed by atoms with Gasteiger partial charge >= 0.3 is 5.97 Å². The highest BCUT2D eigenvalue weighted by Gasteiger charge is 2.26. The number of methoxy groups -OCH3 is 1. The molecule has 0 aliphatic carbocycles. The van der Waals surface area contributed by atoms with Crippen molar-refractivity contribution in [2.75, 3.05) is 38.2 Å². The number of carbonyl (C=O) groups excluding carboxylic acids is 1. The topological polar surface area (TPSA) is 32.8 Å². The maximum atomic E-state index is 11.4. The van der Waals surface area contributed by atoms with E-state index in [9.17, 15) is 4.79 Å². The maximum Gasteiger partial charge on any atom is 0.337 e. The van der Waals surface area contributed by atoms with E-state index in [1.54, 1.807) is 0 Å². The van der Waals surface area contributed by atoms with Crippen molar-refractivity contribution in [3.8, 4) is 0 Å². The molecule has 4 nitrogen and oxygen atoms in total. The third-order valence-electron chi connectivity index (χ3n) is 4.78. The Morgan fingerprint density at radius 2 is 1.67 bits per heavy atom. The lowest BCUT2D eigenvalue weighted by Crippen LogP contribution is -2.43. The third kappa shape index (κ3) is 3.21. The first-order valence-electron chi connectivity index (χ1n) is 7.95. The molecule has 1 aromatic carbocycles. The Labute approximate surface area is 126 Å². The lowest BCUT2D eigenvalue weighted by molar-refractivity contribution is 0.0601. The minimum atomic E-state index is -0.269. The number of piperidine rings is 1. The molecular weight excluding hydrogens is 264 g/mol. The summed E-state index contributed by atoms with van der Waals surface area (Å²) in [6.07, 6.45) is 5.24. The van der Waals surface area contributed by atoms with Crippen LogP contribution in [-0.4, -0.2) is 50.2 Å². The van der Waals surface area contributed by atoms with Gasteiger partial charge in [-0.15, -0.1) is 0 Å². The van der Waals surface area contributed by atoms with E-state index in [0.29, 0.717) is 5.56 Å². The molecule has 1 aromatic rings. The number of hydrogen-bond donors (Lipinski definition) is 0. The van der Waals surface area contributed by atoms with Gasteiger partial charge in [0.25, 0.3) is 0 Å². The average molecular weight is 288 g/mol. The Hall–Kier alpha value is -1.55. The number of esters is 1. The zero-order chi connectivity index (χ0) is 14.7. The van der Waals surface area contributed by atoms with Gasteiger partial charge in [-0.1, -0.05) is 0 Å². The summed E-state index contributed by atoms with van der Waals surface area (Å²) < 4.78 is 4.73. The number of anilines is 1. The summed E-state index contributed by atoms with van der Waals surface area (Å²) in [7, 11) is 1.42. The molecular formula is C17H24N2O2. The standard InChI is InChI=1S/C17H24N2O2/c1-21-17(20)14-4-6-15(7-5-14)19-12-8-16(9-13-19)18-10-2-3-11-18/h4-7,16H,2-3,8-13H2,1H3. The molecule has 2 saturated heterocycles. The highest BCUT2D eigenvalue weighted by molar-refractivity contribution is 5.89. The van der Waals surface area contributed by atoms with Crippen LogP contribution in [0.4, 0.5) is 5.69 Å². The van der Waals surface area contributed by atoms with Gasteiger partial charge in [0.05, 0.1) is 12.7 Å². The Morgan fingerprint density at radius 3 is 2.24 bits per heavy atom. The quantitative estimate of drug-likeness (QED) is 0.800. The average Bonchev–Trinajstić information content (AvgIpc) is 3.09. The highest BCUT2D eigenvalue weighted by atomic mass is 16.5. The number of carbonyl (C=O) groups is 1. The molecule has 4 heteroatoms. The number of benzene rings is 1. The van der Waals surface area contributed by atoms with E-state index in [1.165, 1.54) is 51.6 Å². The van der Waals surface area contributed by atoms with E-state index >= 15 is 0 Å². The summed E-state index contributed by atoms with van der Waals surface area (Å²) in [5.74, 6) is -0.269. The molecule has 0 N–H and O–H groups in total. The second kappa shape index (κ2) is 6.48. The van der Waals surface area contributed by atoms with Crippen molar-refractivity contribution in [2.45, 2.75) is 31.7 Å². The molecule has 2 fully saturated rings. The molecule has 21 heavy (non-hydrogen) atoms. The molecule has 0 saturated carbocycles. The Kier molecular flexibility index (Phi) is 4.44. The SMILES string of the molecule is COC(=O)c1ccc(N2CCC(N3CCCC3)CC2)cc1. The van der Waals surface area contributed by atoms with Crippen molar-refractivity contribution in [1.82, 2.24) is 4.90 Å². The predicted molar refractivity (Wildman–Crippen MR) is 83.8 cm³/mol. The number of hydrogen-bond acceptors (Lipinski definition) is 4. The molecule has 2 aliphatic heterocycles. The monoisotopic (exact) mass is 288 g/mol. The summed E-state index contributed by atoms with van der Waals surface area (Å²) in [5.41, 5.74) is 1.83. The Bertz CT molecular complexity index is 472. The minimum absolute atomic E-state index is 0.269. The zero-order valence-electron chi connectivity index (χ0n) is 12.8. The van der Waals surface area contributed by atoms with E-state index in [0.717, 1.165) is 19.1 Å². The van der Waals surface area contributed by atoms with Crippen molar-refractivity contribution in [3.63, 3.8) is 0 Å². The van der Waals surface area contributed by atoms with Gasteiger partial charge in [-0.05, 0) is 63.0 Å². The summed E-state index contributed by atoms with van der Waals surface area (Å²) in [4.78, 5) is 16.5. The van der Waals surface area contributed by atoms with Crippen LogP contribution in [0.25, 0.3) is 0 Å². The fourth-order valence-corrected chi connectivity index (χ4v) is 3.52. The maximum absolute atomic E-state index is 11.4. The predicted octanol–water partition coefficient (Wildman–Crippen LogP) is 2.54. The number of rotatable bonds is 3. The van der Waals surface area contributed by atoms with Crippen LogP contribution in [0.5, 0.6) is 0 Å². The van der Waals surface area contributed by atoms with Gasteiger partial charge in [0.2, 0.25) is 0 Å². The summed E-state index contributed by atoms with van der Waals surface area (Å²) in [6, 6.07) is 8.55. The van der Waals surface area contributed by atoms with Crippen molar-refractivity contribution < 1.29 is 9.53 Å². The summed E-state index contributed by atoms with van der Waals surface area (Å²) >= 11 is 0. The number of nitrogens with zero attached hydrogens (tertiary/aromatic N) is 2. The van der Waals surface area contributed by atoms with Gasteiger partial charge < -0.3 is 14.5 Å². The van der Waals surface area contributed by atoms with Crippen molar-refractivity contribution >= 4 is 11.7 Å². The molecule has 0 spiro atoms. The molecule has 2 aliphatic rings. The fraction of sp³-hybridized carbons (Fsp3) is 0.588. The highest BCUT2D eigenvalue weighted by Crippen LogP contribution is 2.25. The largest absolute Gasteiger partial charge is 0.465 e. The van der Waals surface area contributed by atoms with Gasteiger partial charge in [0.15, 0.2) is 0 Å². The molecule has 2 heterocycles. The number of likely N-dealkylation sites (tertiary alicyclic amines) is 1. The lowest BCUT2D eigenvalue weighted by Gasteiger charge is -2.37.